The van der Waals surface area contributed by atoms with E-state index < -0.39 is 17.8 Å². The van der Waals surface area contributed by atoms with Crippen LogP contribution in [0.25, 0.3) is 6.08 Å². The number of amides is 1. The Bertz CT molecular complexity index is 876. The maximum atomic E-state index is 12.2. The first-order chi connectivity index (χ1) is 12.4. The molecule has 7 heteroatoms. The van der Waals surface area contributed by atoms with Gasteiger partial charge in [0, 0.05) is 11.1 Å². The Kier molecular flexibility index (Phi) is 6.52. The SMILES string of the molecule is COC(=O)c1ccc(C(=O)OC)c(NC(=O)C=Cc2cccc(Cl)c2)c1. The fraction of sp³-hybridized carbons (Fsp3) is 0.105. The summed E-state index contributed by atoms with van der Waals surface area (Å²) >= 11 is 5.89. The molecule has 0 saturated heterocycles. The molecule has 2 aromatic carbocycles. The van der Waals surface area contributed by atoms with Gasteiger partial charge < -0.3 is 14.8 Å². The summed E-state index contributed by atoms with van der Waals surface area (Å²) in [4.78, 5) is 35.7. The number of nitrogens with one attached hydrogen (secondary N) is 1. The quantitative estimate of drug-likeness (QED) is 0.640. The first kappa shape index (κ1) is 19.2. The minimum atomic E-state index is -0.643. The first-order valence-electron chi connectivity index (χ1n) is 7.50. The van der Waals surface area contributed by atoms with Crippen LogP contribution < -0.4 is 5.32 Å². The lowest BCUT2D eigenvalue weighted by atomic mass is 10.1. The van der Waals surface area contributed by atoms with E-state index in [4.69, 9.17) is 11.6 Å². The molecule has 6 nitrogen and oxygen atoms in total. The van der Waals surface area contributed by atoms with Crippen molar-refractivity contribution >= 4 is 41.2 Å². The number of methoxy groups -OCH3 is 2. The van der Waals surface area contributed by atoms with Crippen LogP contribution in [0.15, 0.2) is 48.5 Å². The number of hydrogen-bond donors (Lipinski definition) is 1. The van der Waals surface area contributed by atoms with E-state index >= 15 is 0 Å². The Labute approximate surface area is 155 Å². The van der Waals surface area contributed by atoms with Gasteiger partial charge in [-0.2, -0.15) is 0 Å². The Hall–Kier alpha value is -3.12. The van der Waals surface area contributed by atoms with E-state index in [0.29, 0.717) is 5.02 Å². The summed E-state index contributed by atoms with van der Waals surface area (Å²) in [5.41, 5.74) is 1.18. The van der Waals surface area contributed by atoms with Crippen molar-refractivity contribution in [3.63, 3.8) is 0 Å². The predicted octanol–water partition coefficient (Wildman–Crippen LogP) is 3.57. The van der Waals surface area contributed by atoms with Crippen LogP contribution in [0.1, 0.15) is 26.3 Å². The molecule has 0 aromatic heterocycles. The third-order valence-electron chi connectivity index (χ3n) is 3.38. The molecule has 1 amide bonds. The fourth-order valence-corrected chi connectivity index (χ4v) is 2.34. The van der Waals surface area contributed by atoms with E-state index in [0.717, 1.165) is 5.56 Å². The summed E-state index contributed by atoms with van der Waals surface area (Å²) < 4.78 is 9.33. The van der Waals surface area contributed by atoms with Crippen LogP contribution in [0.3, 0.4) is 0 Å². The molecule has 26 heavy (non-hydrogen) atoms. The fourth-order valence-electron chi connectivity index (χ4n) is 2.14. The van der Waals surface area contributed by atoms with Gasteiger partial charge in [-0.1, -0.05) is 23.7 Å². The zero-order chi connectivity index (χ0) is 19.1. The molecule has 0 atom stereocenters. The molecular weight excluding hydrogens is 358 g/mol. The smallest absolute Gasteiger partial charge is 0.339 e. The number of esters is 2. The van der Waals surface area contributed by atoms with Crippen LogP contribution in [-0.2, 0) is 14.3 Å². The van der Waals surface area contributed by atoms with Crippen LogP contribution in [0.4, 0.5) is 5.69 Å². The molecule has 0 aliphatic heterocycles. The normalized spacial score (nSPS) is 10.4. The van der Waals surface area contributed by atoms with Gasteiger partial charge in [-0.15, -0.1) is 0 Å². The number of hydrogen-bond acceptors (Lipinski definition) is 5. The number of benzene rings is 2. The second-order valence-corrected chi connectivity index (χ2v) is 5.56. The molecular formula is C19H16ClNO5. The summed E-state index contributed by atoms with van der Waals surface area (Å²) in [5.74, 6) is -1.72. The minimum Gasteiger partial charge on any atom is -0.465 e. The molecule has 0 spiro atoms. The second-order valence-electron chi connectivity index (χ2n) is 5.12. The molecule has 1 N–H and O–H groups in total. The van der Waals surface area contributed by atoms with E-state index in [1.165, 1.54) is 38.5 Å². The predicted molar refractivity (Wildman–Crippen MR) is 98.2 cm³/mol. The topological polar surface area (TPSA) is 81.7 Å². The van der Waals surface area contributed by atoms with Crippen LogP contribution in [0.5, 0.6) is 0 Å². The van der Waals surface area contributed by atoms with Crippen molar-refractivity contribution in [3.05, 3.63) is 70.3 Å². The van der Waals surface area contributed by atoms with Gasteiger partial charge in [0.05, 0.1) is 31.0 Å². The zero-order valence-corrected chi connectivity index (χ0v) is 14.9. The number of halogens is 1. The van der Waals surface area contributed by atoms with Crippen LogP contribution in [0, 0.1) is 0 Å². The van der Waals surface area contributed by atoms with Gasteiger partial charge in [0.15, 0.2) is 0 Å². The van der Waals surface area contributed by atoms with Crippen molar-refractivity contribution in [2.45, 2.75) is 0 Å². The summed E-state index contributed by atoms with van der Waals surface area (Å²) in [5, 5.41) is 3.11. The van der Waals surface area contributed by atoms with Crippen molar-refractivity contribution in [2.24, 2.45) is 0 Å². The highest BCUT2D eigenvalue weighted by Crippen LogP contribution is 2.20. The average molecular weight is 374 g/mol. The number of anilines is 1. The van der Waals surface area contributed by atoms with Gasteiger partial charge in [-0.3, -0.25) is 4.79 Å². The van der Waals surface area contributed by atoms with Crippen molar-refractivity contribution in [3.8, 4) is 0 Å². The van der Waals surface area contributed by atoms with Gasteiger partial charge in [0.25, 0.3) is 0 Å². The molecule has 2 aromatic rings. The van der Waals surface area contributed by atoms with Gasteiger partial charge >= 0.3 is 11.9 Å². The Balaban J connectivity index is 2.26. The van der Waals surface area contributed by atoms with Gasteiger partial charge in [0.1, 0.15) is 0 Å². The number of rotatable bonds is 5. The van der Waals surface area contributed by atoms with E-state index in [1.54, 1.807) is 30.3 Å². The molecule has 2 rings (SSSR count). The van der Waals surface area contributed by atoms with Crippen molar-refractivity contribution in [1.29, 1.82) is 0 Å². The van der Waals surface area contributed by atoms with E-state index in [-0.39, 0.29) is 16.8 Å². The maximum absolute atomic E-state index is 12.2. The van der Waals surface area contributed by atoms with E-state index in [2.05, 4.69) is 14.8 Å². The summed E-state index contributed by atoms with van der Waals surface area (Å²) in [6.07, 6.45) is 2.86. The molecule has 0 aliphatic rings. The number of carbonyl (C=O) groups excluding carboxylic acids is 3. The Morgan fingerprint density at radius 3 is 2.38 bits per heavy atom. The van der Waals surface area contributed by atoms with E-state index in [9.17, 15) is 14.4 Å². The van der Waals surface area contributed by atoms with E-state index in [1.807, 2.05) is 0 Å². The third kappa shape index (κ3) is 4.94. The van der Waals surface area contributed by atoms with Crippen LogP contribution in [0.2, 0.25) is 5.02 Å². The summed E-state index contributed by atoms with van der Waals surface area (Å²) in [6, 6.07) is 11.1. The molecule has 0 bridgehead atoms. The Morgan fingerprint density at radius 2 is 1.73 bits per heavy atom. The van der Waals surface area contributed by atoms with Crippen LogP contribution in [-0.4, -0.2) is 32.1 Å². The summed E-state index contributed by atoms with van der Waals surface area (Å²) in [6.45, 7) is 0. The third-order valence-corrected chi connectivity index (χ3v) is 3.61. The van der Waals surface area contributed by atoms with Gasteiger partial charge in [-0.05, 0) is 42.0 Å². The number of ether oxygens (including phenoxy) is 2. The Morgan fingerprint density at radius 1 is 1.00 bits per heavy atom. The molecule has 0 heterocycles. The molecule has 0 radical (unpaired) electrons. The highest BCUT2D eigenvalue weighted by atomic mass is 35.5. The lowest BCUT2D eigenvalue weighted by Gasteiger charge is -2.10. The van der Waals surface area contributed by atoms with Gasteiger partial charge in [-0.25, -0.2) is 9.59 Å². The lowest BCUT2D eigenvalue weighted by molar-refractivity contribution is -0.111. The standard InChI is InChI=1S/C19H16ClNO5/c1-25-18(23)13-7-8-15(19(24)26-2)16(11-13)21-17(22)9-6-12-4-3-5-14(20)10-12/h3-11H,1-2H3,(H,21,22). The number of carbonyl (C=O) groups is 3. The highest BCUT2D eigenvalue weighted by molar-refractivity contribution is 6.30. The van der Waals surface area contributed by atoms with Crippen molar-refractivity contribution < 1.29 is 23.9 Å². The highest BCUT2D eigenvalue weighted by Gasteiger charge is 2.16. The average Bonchev–Trinajstić information content (AvgIpc) is 2.65. The lowest BCUT2D eigenvalue weighted by Crippen LogP contribution is -2.14. The maximum Gasteiger partial charge on any atom is 0.339 e. The molecule has 134 valence electrons. The van der Waals surface area contributed by atoms with Gasteiger partial charge in [0.2, 0.25) is 5.91 Å². The molecule has 0 saturated carbocycles. The first-order valence-corrected chi connectivity index (χ1v) is 7.87. The van der Waals surface area contributed by atoms with Crippen LogP contribution >= 0.6 is 11.6 Å². The monoisotopic (exact) mass is 373 g/mol. The van der Waals surface area contributed by atoms with Crippen molar-refractivity contribution in [1.82, 2.24) is 0 Å². The molecule has 0 aliphatic carbocycles. The zero-order valence-electron chi connectivity index (χ0n) is 14.1. The second kappa shape index (κ2) is 8.82. The summed E-state index contributed by atoms with van der Waals surface area (Å²) in [7, 11) is 2.46. The largest absolute Gasteiger partial charge is 0.465 e. The molecule has 0 fully saturated rings. The van der Waals surface area contributed by atoms with Crippen molar-refractivity contribution in [2.75, 3.05) is 19.5 Å². The molecule has 0 unspecified atom stereocenters. The minimum absolute atomic E-state index is 0.115.